The van der Waals surface area contributed by atoms with Crippen LogP contribution in [0.25, 0.3) is 0 Å². The van der Waals surface area contributed by atoms with Crippen LogP contribution in [0.1, 0.15) is 19.3 Å². The first-order chi connectivity index (χ1) is 7.26. The van der Waals surface area contributed by atoms with E-state index in [0.717, 1.165) is 19.4 Å². The van der Waals surface area contributed by atoms with Gasteiger partial charge in [0.05, 0.1) is 25.2 Å². The Morgan fingerprint density at radius 2 is 2.53 bits per heavy atom. The van der Waals surface area contributed by atoms with Crippen LogP contribution in [0.2, 0.25) is 0 Å². The fourth-order valence-electron chi connectivity index (χ4n) is 1.61. The van der Waals surface area contributed by atoms with Crippen LogP contribution in [0.5, 0.6) is 0 Å². The van der Waals surface area contributed by atoms with Gasteiger partial charge in [0.25, 0.3) is 0 Å². The zero-order valence-electron chi connectivity index (χ0n) is 9.20. The van der Waals surface area contributed by atoms with Crippen LogP contribution in [0.15, 0.2) is 0 Å². The van der Waals surface area contributed by atoms with Gasteiger partial charge in [-0.2, -0.15) is 0 Å². The second-order valence-corrected chi connectivity index (χ2v) is 3.78. The van der Waals surface area contributed by atoms with Crippen LogP contribution in [0, 0.1) is 0 Å². The number of carbonyl (C=O) groups excluding carboxylic acids is 1. The Morgan fingerprint density at radius 3 is 3.07 bits per heavy atom. The molecule has 1 saturated heterocycles. The van der Waals surface area contributed by atoms with Crippen LogP contribution in [0.3, 0.4) is 0 Å². The second-order valence-electron chi connectivity index (χ2n) is 3.78. The Morgan fingerprint density at radius 1 is 1.73 bits per heavy atom. The summed E-state index contributed by atoms with van der Waals surface area (Å²) in [6, 6.07) is 0.154. The molecule has 1 amide bonds. The summed E-state index contributed by atoms with van der Waals surface area (Å²) < 4.78 is 10.3. The van der Waals surface area contributed by atoms with E-state index >= 15 is 0 Å². The highest BCUT2D eigenvalue weighted by Gasteiger charge is 2.18. The van der Waals surface area contributed by atoms with Gasteiger partial charge in [0, 0.05) is 20.3 Å². The van der Waals surface area contributed by atoms with Gasteiger partial charge in [0.2, 0.25) is 5.91 Å². The van der Waals surface area contributed by atoms with Crippen molar-refractivity contribution in [2.75, 3.05) is 26.9 Å². The Balaban J connectivity index is 2.21. The molecule has 1 rings (SSSR count). The van der Waals surface area contributed by atoms with E-state index in [1.54, 1.807) is 7.11 Å². The molecule has 0 aromatic heterocycles. The molecule has 0 bridgehead atoms. The van der Waals surface area contributed by atoms with E-state index in [-0.39, 0.29) is 18.1 Å². The van der Waals surface area contributed by atoms with Gasteiger partial charge in [-0.15, -0.1) is 0 Å². The molecule has 0 aliphatic carbocycles. The number of rotatable bonds is 5. The highest BCUT2D eigenvalue weighted by molar-refractivity contribution is 5.76. The first-order valence-electron chi connectivity index (χ1n) is 5.36. The maximum Gasteiger partial charge on any atom is 0.222 e. The fraction of sp³-hybridized carbons (Fsp3) is 0.900. The van der Waals surface area contributed by atoms with E-state index in [9.17, 15) is 4.79 Å². The molecule has 5 heteroatoms. The number of hydrogen-bond donors (Lipinski definition) is 2. The Labute approximate surface area is 90.3 Å². The molecule has 3 N–H and O–H groups in total. The summed E-state index contributed by atoms with van der Waals surface area (Å²) in [6.45, 7) is 1.78. The third-order valence-corrected chi connectivity index (χ3v) is 2.53. The van der Waals surface area contributed by atoms with Gasteiger partial charge in [0.1, 0.15) is 0 Å². The van der Waals surface area contributed by atoms with Crippen molar-refractivity contribution in [3.05, 3.63) is 0 Å². The largest absolute Gasteiger partial charge is 0.380 e. The van der Waals surface area contributed by atoms with Crippen LogP contribution >= 0.6 is 0 Å². The van der Waals surface area contributed by atoms with Crippen molar-refractivity contribution in [3.63, 3.8) is 0 Å². The molecule has 2 unspecified atom stereocenters. The third-order valence-electron chi connectivity index (χ3n) is 2.53. The summed E-state index contributed by atoms with van der Waals surface area (Å²) in [5, 5.41) is 2.92. The van der Waals surface area contributed by atoms with Crippen LogP contribution in [0.4, 0.5) is 0 Å². The average Bonchev–Trinajstić information content (AvgIpc) is 2.27. The van der Waals surface area contributed by atoms with Crippen molar-refractivity contribution in [2.24, 2.45) is 5.73 Å². The Bertz CT molecular complexity index is 189. The lowest BCUT2D eigenvalue weighted by Gasteiger charge is -2.23. The molecular formula is C10H20N2O3. The van der Waals surface area contributed by atoms with Crippen molar-refractivity contribution in [3.8, 4) is 0 Å². The monoisotopic (exact) mass is 216 g/mol. The molecule has 1 aliphatic rings. The summed E-state index contributed by atoms with van der Waals surface area (Å²) in [5.74, 6) is -0.0113. The zero-order chi connectivity index (χ0) is 11.1. The minimum atomic E-state index is -0.186. The molecule has 88 valence electrons. The summed E-state index contributed by atoms with van der Waals surface area (Å²) in [5.41, 5.74) is 5.44. The standard InChI is InChI=1S/C10H20N2O3/c1-14-9(6-11)5-10(13)12-8-3-2-4-15-7-8/h8-9H,2-7,11H2,1H3,(H,12,13). The van der Waals surface area contributed by atoms with Gasteiger partial charge < -0.3 is 20.5 Å². The lowest BCUT2D eigenvalue weighted by molar-refractivity contribution is -0.125. The SMILES string of the molecule is COC(CN)CC(=O)NC1CCCOC1. The number of methoxy groups -OCH3 is 1. The van der Waals surface area contributed by atoms with Crippen molar-refractivity contribution < 1.29 is 14.3 Å². The van der Waals surface area contributed by atoms with Gasteiger partial charge in [-0.1, -0.05) is 0 Å². The number of hydrogen-bond acceptors (Lipinski definition) is 4. The summed E-state index contributed by atoms with van der Waals surface area (Å²) >= 11 is 0. The molecular weight excluding hydrogens is 196 g/mol. The molecule has 0 aromatic carbocycles. The maximum atomic E-state index is 11.5. The predicted octanol–water partition coefficient (Wildman–Crippen LogP) is -0.355. The van der Waals surface area contributed by atoms with Crippen molar-refractivity contribution in [1.29, 1.82) is 0 Å². The van der Waals surface area contributed by atoms with E-state index < -0.39 is 0 Å². The highest BCUT2D eigenvalue weighted by Crippen LogP contribution is 2.06. The molecule has 0 aromatic rings. The zero-order valence-corrected chi connectivity index (χ0v) is 9.20. The minimum absolute atomic E-state index is 0.0113. The molecule has 1 fully saturated rings. The van der Waals surface area contributed by atoms with Gasteiger partial charge in [-0.05, 0) is 12.8 Å². The van der Waals surface area contributed by atoms with E-state index in [0.29, 0.717) is 19.6 Å². The van der Waals surface area contributed by atoms with Crippen LogP contribution in [-0.4, -0.2) is 44.9 Å². The van der Waals surface area contributed by atoms with E-state index in [4.69, 9.17) is 15.2 Å². The number of carbonyl (C=O) groups is 1. The van der Waals surface area contributed by atoms with E-state index in [2.05, 4.69) is 5.32 Å². The second kappa shape index (κ2) is 6.76. The Kier molecular flexibility index (Phi) is 5.60. The van der Waals surface area contributed by atoms with Gasteiger partial charge in [-0.3, -0.25) is 4.79 Å². The lowest BCUT2D eigenvalue weighted by Crippen LogP contribution is -2.42. The molecule has 1 aliphatic heterocycles. The lowest BCUT2D eigenvalue weighted by atomic mass is 10.1. The third kappa shape index (κ3) is 4.59. The molecule has 1 heterocycles. The minimum Gasteiger partial charge on any atom is -0.380 e. The smallest absolute Gasteiger partial charge is 0.222 e. The predicted molar refractivity (Wildman–Crippen MR) is 56.5 cm³/mol. The number of nitrogens with two attached hydrogens (primary N) is 1. The van der Waals surface area contributed by atoms with Crippen molar-refractivity contribution in [1.82, 2.24) is 5.32 Å². The fourth-order valence-corrected chi connectivity index (χ4v) is 1.61. The molecule has 0 radical (unpaired) electrons. The number of ether oxygens (including phenoxy) is 2. The normalized spacial score (nSPS) is 23.5. The summed E-state index contributed by atoms with van der Waals surface area (Å²) in [7, 11) is 1.56. The first-order valence-corrected chi connectivity index (χ1v) is 5.36. The van der Waals surface area contributed by atoms with Crippen molar-refractivity contribution >= 4 is 5.91 Å². The molecule has 5 nitrogen and oxygen atoms in total. The number of amides is 1. The molecule has 0 saturated carbocycles. The molecule has 0 spiro atoms. The van der Waals surface area contributed by atoms with Gasteiger partial charge in [-0.25, -0.2) is 0 Å². The van der Waals surface area contributed by atoms with E-state index in [1.807, 2.05) is 0 Å². The quantitative estimate of drug-likeness (QED) is 0.658. The number of nitrogens with one attached hydrogen (secondary N) is 1. The van der Waals surface area contributed by atoms with Crippen LogP contribution in [-0.2, 0) is 14.3 Å². The first kappa shape index (κ1) is 12.4. The molecule has 15 heavy (non-hydrogen) atoms. The van der Waals surface area contributed by atoms with Crippen LogP contribution < -0.4 is 11.1 Å². The van der Waals surface area contributed by atoms with E-state index in [1.165, 1.54) is 0 Å². The maximum absolute atomic E-state index is 11.5. The van der Waals surface area contributed by atoms with Crippen molar-refractivity contribution in [2.45, 2.75) is 31.4 Å². The molecule has 2 atom stereocenters. The van der Waals surface area contributed by atoms with Gasteiger partial charge in [0.15, 0.2) is 0 Å². The summed E-state index contributed by atoms with van der Waals surface area (Å²) in [6.07, 6.45) is 2.14. The topological polar surface area (TPSA) is 73.6 Å². The highest BCUT2D eigenvalue weighted by atomic mass is 16.5. The Hall–Kier alpha value is -0.650. The van der Waals surface area contributed by atoms with Gasteiger partial charge >= 0.3 is 0 Å². The average molecular weight is 216 g/mol. The summed E-state index contributed by atoms with van der Waals surface area (Å²) in [4.78, 5) is 11.5.